The molecule has 2 aromatic rings. The molecule has 0 radical (unpaired) electrons. The van der Waals surface area contributed by atoms with E-state index in [1.807, 2.05) is 18.2 Å². The predicted molar refractivity (Wildman–Crippen MR) is 81.6 cm³/mol. The highest BCUT2D eigenvalue weighted by atomic mass is 79.9. The molecule has 1 aromatic carbocycles. The molecule has 1 aromatic heterocycles. The number of anilines is 1. The van der Waals surface area contributed by atoms with Gasteiger partial charge in [0.25, 0.3) is 0 Å². The third-order valence-electron chi connectivity index (χ3n) is 2.40. The highest BCUT2D eigenvalue weighted by Crippen LogP contribution is 2.24. The Kier molecular flexibility index (Phi) is 5.08. The van der Waals surface area contributed by atoms with Crippen molar-refractivity contribution in [3.8, 4) is 5.75 Å². The number of hydrogen-bond donors (Lipinski definition) is 1. The lowest BCUT2D eigenvalue weighted by Crippen LogP contribution is -1.99. The van der Waals surface area contributed by atoms with E-state index in [9.17, 15) is 0 Å². The number of rotatable bonds is 6. The first-order chi connectivity index (χ1) is 8.78. The van der Waals surface area contributed by atoms with Crippen LogP contribution in [-0.2, 0) is 6.54 Å². The Morgan fingerprint density at radius 3 is 2.89 bits per heavy atom. The van der Waals surface area contributed by atoms with Crippen LogP contribution in [0.15, 0.2) is 40.2 Å². The average molecular weight is 326 g/mol. The average Bonchev–Trinajstić information content (AvgIpc) is 2.80. The van der Waals surface area contributed by atoms with E-state index in [1.165, 1.54) is 8.66 Å². The fourth-order valence-electron chi connectivity index (χ4n) is 1.55. The van der Waals surface area contributed by atoms with Crippen molar-refractivity contribution >= 4 is 33.0 Å². The SMILES string of the molecule is CCCOc1cccc(NCc2ccc(Br)s2)c1. The van der Waals surface area contributed by atoms with Gasteiger partial charge in [-0.1, -0.05) is 13.0 Å². The third kappa shape index (κ3) is 4.03. The van der Waals surface area contributed by atoms with Crippen LogP contribution in [0.5, 0.6) is 5.75 Å². The van der Waals surface area contributed by atoms with Crippen molar-refractivity contribution in [2.45, 2.75) is 19.9 Å². The van der Waals surface area contributed by atoms with Gasteiger partial charge >= 0.3 is 0 Å². The maximum Gasteiger partial charge on any atom is 0.121 e. The van der Waals surface area contributed by atoms with E-state index in [0.29, 0.717) is 0 Å². The zero-order valence-electron chi connectivity index (χ0n) is 10.3. The number of benzene rings is 1. The highest BCUT2D eigenvalue weighted by Gasteiger charge is 1.99. The molecule has 4 heteroatoms. The number of nitrogens with one attached hydrogen (secondary N) is 1. The molecule has 0 amide bonds. The molecule has 0 spiro atoms. The summed E-state index contributed by atoms with van der Waals surface area (Å²) in [5.41, 5.74) is 1.09. The van der Waals surface area contributed by atoms with Gasteiger partial charge in [-0.15, -0.1) is 11.3 Å². The first-order valence-electron chi connectivity index (χ1n) is 5.99. The van der Waals surface area contributed by atoms with E-state index in [2.05, 4.69) is 46.4 Å². The summed E-state index contributed by atoms with van der Waals surface area (Å²) in [4.78, 5) is 1.31. The van der Waals surface area contributed by atoms with Crippen LogP contribution < -0.4 is 10.1 Å². The van der Waals surface area contributed by atoms with Crippen molar-refractivity contribution < 1.29 is 4.74 Å². The second-order valence-electron chi connectivity index (χ2n) is 3.94. The summed E-state index contributed by atoms with van der Waals surface area (Å²) in [5, 5.41) is 3.40. The number of halogens is 1. The number of ether oxygens (including phenoxy) is 1. The normalized spacial score (nSPS) is 10.3. The van der Waals surface area contributed by atoms with Crippen LogP contribution in [-0.4, -0.2) is 6.61 Å². The van der Waals surface area contributed by atoms with Crippen molar-refractivity contribution in [1.82, 2.24) is 0 Å². The zero-order chi connectivity index (χ0) is 12.8. The topological polar surface area (TPSA) is 21.3 Å². The molecular weight excluding hydrogens is 310 g/mol. The summed E-state index contributed by atoms with van der Waals surface area (Å²) in [5.74, 6) is 0.925. The minimum Gasteiger partial charge on any atom is -0.494 e. The van der Waals surface area contributed by atoms with Gasteiger partial charge in [0, 0.05) is 23.2 Å². The Hall–Kier alpha value is -1.000. The van der Waals surface area contributed by atoms with Crippen LogP contribution in [0.4, 0.5) is 5.69 Å². The standard InChI is InChI=1S/C14H16BrNOS/c1-2-8-17-12-5-3-4-11(9-12)16-10-13-6-7-14(15)18-13/h3-7,9,16H,2,8,10H2,1H3. The summed E-state index contributed by atoms with van der Waals surface area (Å²) in [6, 6.07) is 12.3. The number of hydrogen-bond acceptors (Lipinski definition) is 3. The van der Waals surface area contributed by atoms with E-state index in [-0.39, 0.29) is 0 Å². The molecule has 0 atom stereocenters. The Bertz CT molecular complexity index is 498. The van der Waals surface area contributed by atoms with E-state index < -0.39 is 0 Å². The molecule has 0 aliphatic heterocycles. The summed E-state index contributed by atoms with van der Waals surface area (Å²) < 4.78 is 6.77. The van der Waals surface area contributed by atoms with Gasteiger partial charge in [-0.3, -0.25) is 0 Å². The van der Waals surface area contributed by atoms with Gasteiger partial charge in [0.2, 0.25) is 0 Å². The molecule has 0 aliphatic carbocycles. The molecule has 0 saturated carbocycles. The van der Waals surface area contributed by atoms with E-state index >= 15 is 0 Å². The summed E-state index contributed by atoms with van der Waals surface area (Å²) in [6.07, 6.45) is 1.03. The maximum absolute atomic E-state index is 5.61. The second kappa shape index (κ2) is 6.81. The molecule has 2 rings (SSSR count). The highest BCUT2D eigenvalue weighted by molar-refractivity contribution is 9.11. The molecule has 18 heavy (non-hydrogen) atoms. The molecule has 0 saturated heterocycles. The van der Waals surface area contributed by atoms with Gasteiger partial charge in [0.15, 0.2) is 0 Å². The molecule has 1 N–H and O–H groups in total. The monoisotopic (exact) mass is 325 g/mol. The molecule has 0 aliphatic rings. The first-order valence-corrected chi connectivity index (χ1v) is 7.60. The molecule has 0 bridgehead atoms. The Morgan fingerprint density at radius 2 is 2.17 bits per heavy atom. The lowest BCUT2D eigenvalue weighted by molar-refractivity contribution is 0.317. The fraction of sp³-hybridized carbons (Fsp3) is 0.286. The molecule has 96 valence electrons. The zero-order valence-corrected chi connectivity index (χ0v) is 12.7. The van der Waals surface area contributed by atoms with Crippen molar-refractivity contribution in [2.75, 3.05) is 11.9 Å². The third-order valence-corrected chi connectivity index (χ3v) is 4.03. The van der Waals surface area contributed by atoms with Crippen molar-refractivity contribution in [3.63, 3.8) is 0 Å². The molecule has 1 heterocycles. The summed E-state index contributed by atoms with van der Waals surface area (Å²) in [7, 11) is 0. The van der Waals surface area contributed by atoms with Crippen molar-refractivity contribution in [3.05, 3.63) is 45.1 Å². The Morgan fingerprint density at radius 1 is 1.28 bits per heavy atom. The lowest BCUT2D eigenvalue weighted by atomic mass is 10.3. The largest absolute Gasteiger partial charge is 0.494 e. The maximum atomic E-state index is 5.61. The van der Waals surface area contributed by atoms with Crippen molar-refractivity contribution in [1.29, 1.82) is 0 Å². The van der Waals surface area contributed by atoms with Crippen LogP contribution in [0.3, 0.4) is 0 Å². The van der Waals surface area contributed by atoms with Gasteiger partial charge in [0.05, 0.1) is 10.4 Å². The Balaban J connectivity index is 1.92. The first kappa shape index (κ1) is 13.4. The fourth-order valence-corrected chi connectivity index (χ4v) is 2.97. The van der Waals surface area contributed by atoms with Crippen LogP contribution in [0.1, 0.15) is 18.2 Å². The predicted octanol–water partition coefficient (Wildman–Crippen LogP) is 4.91. The van der Waals surface area contributed by atoms with Gasteiger partial charge in [-0.05, 0) is 46.6 Å². The van der Waals surface area contributed by atoms with Crippen LogP contribution in [0.2, 0.25) is 0 Å². The second-order valence-corrected chi connectivity index (χ2v) is 6.48. The summed E-state index contributed by atoms with van der Waals surface area (Å²) in [6.45, 7) is 3.71. The lowest BCUT2D eigenvalue weighted by Gasteiger charge is -2.08. The minimum absolute atomic E-state index is 0.765. The summed E-state index contributed by atoms with van der Waals surface area (Å²) >= 11 is 5.22. The molecular formula is C14H16BrNOS. The van der Waals surface area contributed by atoms with Crippen LogP contribution in [0.25, 0.3) is 0 Å². The molecule has 0 fully saturated rings. The van der Waals surface area contributed by atoms with E-state index in [1.54, 1.807) is 11.3 Å². The smallest absolute Gasteiger partial charge is 0.121 e. The van der Waals surface area contributed by atoms with Gasteiger partial charge in [0.1, 0.15) is 5.75 Å². The van der Waals surface area contributed by atoms with Crippen LogP contribution in [0, 0.1) is 0 Å². The molecule has 0 unspecified atom stereocenters. The van der Waals surface area contributed by atoms with Crippen molar-refractivity contribution in [2.24, 2.45) is 0 Å². The van der Waals surface area contributed by atoms with E-state index in [0.717, 1.165) is 31.0 Å². The quantitative estimate of drug-likeness (QED) is 0.814. The molecule has 2 nitrogen and oxygen atoms in total. The minimum atomic E-state index is 0.765. The Labute approximate surface area is 120 Å². The van der Waals surface area contributed by atoms with Crippen LogP contribution >= 0.6 is 27.3 Å². The number of thiophene rings is 1. The van der Waals surface area contributed by atoms with Gasteiger partial charge in [-0.25, -0.2) is 0 Å². The van der Waals surface area contributed by atoms with Gasteiger partial charge < -0.3 is 10.1 Å². The van der Waals surface area contributed by atoms with E-state index in [4.69, 9.17) is 4.74 Å². The van der Waals surface area contributed by atoms with Gasteiger partial charge in [-0.2, -0.15) is 0 Å².